The minimum Gasteiger partial charge on any atom is -0.497 e. The van der Waals surface area contributed by atoms with Gasteiger partial charge >= 0.3 is 0 Å². The highest BCUT2D eigenvalue weighted by molar-refractivity contribution is 6.32. The van der Waals surface area contributed by atoms with Gasteiger partial charge in [-0.1, -0.05) is 31.4 Å². The summed E-state index contributed by atoms with van der Waals surface area (Å²) >= 11 is 6.45. The number of aromatic nitrogens is 1. The summed E-state index contributed by atoms with van der Waals surface area (Å²) in [6.07, 6.45) is 7.60. The van der Waals surface area contributed by atoms with Gasteiger partial charge in [-0.05, 0) is 75.7 Å². The van der Waals surface area contributed by atoms with Crippen molar-refractivity contribution >= 4 is 28.4 Å². The molecule has 1 amide bonds. The first-order valence-electron chi connectivity index (χ1n) is 12.5. The highest BCUT2D eigenvalue weighted by atomic mass is 35.5. The number of aliphatic hydroxyl groups excluding tert-OH is 1. The van der Waals surface area contributed by atoms with Crippen LogP contribution >= 0.6 is 11.6 Å². The smallest absolute Gasteiger partial charge is 0.249 e. The number of hydrogen-bond donors (Lipinski definition) is 3. The van der Waals surface area contributed by atoms with Gasteiger partial charge in [-0.3, -0.25) is 15.0 Å². The number of benzene rings is 1. The third kappa shape index (κ3) is 7.04. The molecule has 8 heteroatoms. The summed E-state index contributed by atoms with van der Waals surface area (Å²) < 4.78 is 5.34. The monoisotopic (exact) mass is 491 g/mol. The van der Waals surface area contributed by atoms with Crippen molar-refractivity contribution in [3.63, 3.8) is 0 Å². The van der Waals surface area contributed by atoms with Crippen molar-refractivity contribution in [2.45, 2.75) is 64.4 Å². The Kier molecular flexibility index (Phi) is 10.4. The van der Waals surface area contributed by atoms with Crippen LogP contribution in [-0.4, -0.2) is 53.0 Å². The van der Waals surface area contributed by atoms with Gasteiger partial charge in [0.25, 0.3) is 0 Å². The van der Waals surface area contributed by atoms with Gasteiger partial charge in [-0.25, -0.2) is 5.06 Å². The van der Waals surface area contributed by atoms with Crippen LogP contribution in [0.5, 0.6) is 5.75 Å². The number of carbonyl (C=O) groups excluding carboxylic acids is 1. The highest BCUT2D eigenvalue weighted by Gasteiger charge is 2.25. The molecule has 1 aromatic carbocycles. The molecule has 0 radical (unpaired) electrons. The first kappa shape index (κ1) is 26.7. The molecular weight excluding hydrogens is 454 g/mol. The zero-order valence-corrected chi connectivity index (χ0v) is 21.1. The molecule has 7 nitrogen and oxygen atoms in total. The molecule has 1 saturated heterocycles. The van der Waals surface area contributed by atoms with Crippen LogP contribution in [0, 0.1) is 11.8 Å². The van der Waals surface area contributed by atoms with Crippen LogP contribution in [0.1, 0.15) is 70.0 Å². The number of hydrogen-bond acceptors (Lipinski definition) is 6. The predicted octanol–water partition coefficient (Wildman–Crippen LogP) is 5.12. The fraction of sp³-hybridized carbons (Fsp3) is 0.615. The lowest BCUT2D eigenvalue weighted by Crippen LogP contribution is -2.39. The van der Waals surface area contributed by atoms with Gasteiger partial charge < -0.3 is 15.2 Å². The molecule has 0 saturated carbocycles. The van der Waals surface area contributed by atoms with E-state index in [1.54, 1.807) is 13.3 Å². The van der Waals surface area contributed by atoms with E-state index in [1.165, 1.54) is 0 Å². The first-order chi connectivity index (χ1) is 16.4. The van der Waals surface area contributed by atoms with E-state index in [0.29, 0.717) is 35.2 Å². The number of piperidine rings is 1. The van der Waals surface area contributed by atoms with Gasteiger partial charge in [0.15, 0.2) is 0 Å². The summed E-state index contributed by atoms with van der Waals surface area (Å²) in [5, 5.41) is 26.7. The molecule has 0 unspecified atom stereocenters. The minimum absolute atomic E-state index is 0.0774. The maximum absolute atomic E-state index is 12.4. The molecule has 1 aliphatic rings. The zero-order chi connectivity index (χ0) is 24.5. The van der Waals surface area contributed by atoms with Crippen LogP contribution < -0.4 is 10.1 Å². The molecule has 188 valence electrons. The summed E-state index contributed by atoms with van der Waals surface area (Å²) in [7, 11) is 1.61. The number of halogens is 1. The standard InChI is InChI=1S/C26H38ClN3O4/c1-3-5-18(6-4-15-30(33)26(32)19-11-13-28-14-12-19)7-10-24(31)25-21-16-20(34-2)8-9-23(21)29-17-22(25)27/h8-9,16-19,24,28,31,33H,3-7,10-15H2,1-2H3/t18-,24+/m0/s1. The van der Waals surface area contributed by atoms with Crippen LogP contribution in [0.25, 0.3) is 10.9 Å². The molecule has 0 aliphatic carbocycles. The van der Waals surface area contributed by atoms with Crippen molar-refractivity contribution in [2.75, 3.05) is 26.7 Å². The van der Waals surface area contributed by atoms with Crippen LogP contribution in [0.4, 0.5) is 0 Å². The van der Waals surface area contributed by atoms with Crippen molar-refractivity contribution < 1.29 is 19.8 Å². The fourth-order valence-electron chi connectivity index (χ4n) is 4.93. The Morgan fingerprint density at radius 1 is 1.26 bits per heavy atom. The van der Waals surface area contributed by atoms with Crippen LogP contribution in [0.15, 0.2) is 24.4 Å². The van der Waals surface area contributed by atoms with E-state index in [1.807, 2.05) is 18.2 Å². The number of fused-ring (bicyclic) bond motifs is 1. The molecule has 2 heterocycles. The van der Waals surface area contributed by atoms with Gasteiger partial charge in [-0.2, -0.15) is 0 Å². The molecule has 0 bridgehead atoms. The average Bonchev–Trinajstić information content (AvgIpc) is 2.86. The van der Waals surface area contributed by atoms with E-state index in [-0.39, 0.29) is 11.8 Å². The highest BCUT2D eigenvalue weighted by Crippen LogP contribution is 2.35. The van der Waals surface area contributed by atoms with Crippen LogP contribution in [-0.2, 0) is 4.79 Å². The van der Waals surface area contributed by atoms with Crippen molar-refractivity contribution in [3.8, 4) is 5.75 Å². The van der Waals surface area contributed by atoms with E-state index in [4.69, 9.17) is 16.3 Å². The number of hydroxylamine groups is 2. The Bertz CT molecular complexity index is 936. The lowest BCUT2D eigenvalue weighted by Gasteiger charge is -2.26. The molecule has 2 aromatic rings. The van der Waals surface area contributed by atoms with Crippen LogP contribution in [0.2, 0.25) is 5.02 Å². The molecule has 3 rings (SSSR count). The number of ether oxygens (including phenoxy) is 1. The van der Waals surface area contributed by atoms with Gasteiger partial charge in [0.1, 0.15) is 5.75 Å². The summed E-state index contributed by atoms with van der Waals surface area (Å²) in [6, 6.07) is 5.58. The van der Waals surface area contributed by atoms with Gasteiger partial charge in [0.2, 0.25) is 5.91 Å². The second-order valence-corrected chi connectivity index (χ2v) is 9.69. The molecule has 1 aromatic heterocycles. The molecule has 1 aliphatic heterocycles. The molecular formula is C26H38ClN3O4. The van der Waals surface area contributed by atoms with E-state index < -0.39 is 6.10 Å². The van der Waals surface area contributed by atoms with E-state index in [0.717, 1.165) is 74.0 Å². The number of carbonyl (C=O) groups is 1. The Morgan fingerprint density at radius 2 is 2.03 bits per heavy atom. The molecule has 3 N–H and O–H groups in total. The van der Waals surface area contributed by atoms with E-state index >= 15 is 0 Å². The maximum atomic E-state index is 12.4. The Morgan fingerprint density at radius 3 is 2.74 bits per heavy atom. The SMILES string of the molecule is CCC[C@@H](CCCN(O)C(=O)C1CCNCC1)CC[C@@H](O)c1c(Cl)cnc2ccc(OC)cc12. The maximum Gasteiger partial charge on any atom is 0.249 e. The summed E-state index contributed by atoms with van der Waals surface area (Å²) in [6.45, 7) is 4.16. The number of nitrogens with zero attached hydrogens (tertiary/aromatic N) is 2. The minimum atomic E-state index is -0.708. The van der Waals surface area contributed by atoms with Gasteiger partial charge in [-0.15, -0.1) is 0 Å². The predicted molar refractivity (Wildman–Crippen MR) is 134 cm³/mol. The third-order valence-electron chi connectivity index (χ3n) is 6.87. The lowest BCUT2D eigenvalue weighted by atomic mass is 9.89. The number of nitrogens with one attached hydrogen (secondary N) is 1. The van der Waals surface area contributed by atoms with E-state index in [9.17, 15) is 15.1 Å². The quantitative estimate of drug-likeness (QED) is 0.281. The van der Waals surface area contributed by atoms with Crippen molar-refractivity contribution in [2.24, 2.45) is 11.8 Å². The van der Waals surface area contributed by atoms with Crippen molar-refractivity contribution in [1.29, 1.82) is 0 Å². The number of methoxy groups -OCH3 is 1. The largest absolute Gasteiger partial charge is 0.497 e. The second kappa shape index (κ2) is 13.2. The Labute approximate surface area is 207 Å². The Balaban J connectivity index is 1.56. The lowest BCUT2D eigenvalue weighted by molar-refractivity contribution is -0.171. The number of rotatable bonds is 12. The average molecular weight is 492 g/mol. The Hall–Kier alpha value is -1.93. The second-order valence-electron chi connectivity index (χ2n) is 9.28. The molecule has 2 atom stereocenters. The summed E-state index contributed by atoms with van der Waals surface area (Å²) in [4.78, 5) is 16.8. The zero-order valence-electron chi connectivity index (χ0n) is 20.3. The summed E-state index contributed by atoms with van der Waals surface area (Å²) in [5.74, 6) is 0.870. The first-order valence-corrected chi connectivity index (χ1v) is 12.8. The number of aliphatic hydroxyl groups is 1. The topological polar surface area (TPSA) is 94.9 Å². The van der Waals surface area contributed by atoms with Crippen LogP contribution in [0.3, 0.4) is 0 Å². The third-order valence-corrected chi connectivity index (χ3v) is 7.17. The van der Waals surface area contributed by atoms with Crippen molar-refractivity contribution in [1.82, 2.24) is 15.4 Å². The number of amides is 1. The molecule has 0 spiro atoms. The van der Waals surface area contributed by atoms with Gasteiger partial charge in [0, 0.05) is 29.6 Å². The molecule has 34 heavy (non-hydrogen) atoms. The molecule has 1 fully saturated rings. The fourth-order valence-corrected chi connectivity index (χ4v) is 5.21. The van der Waals surface area contributed by atoms with Gasteiger partial charge in [0.05, 0.1) is 23.8 Å². The summed E-state index contributed by atoms with van der Waals surface area (Å²) in [5.41, 5.74) is 1.46. The van der Waals surface area contributed by atoms with E-state index in [2.05, 4.69) is 17.2 Å². The normalized spacial score (nSPS) is 16.4. The van der Waals surface area contributed by atoms with Crippen molar-refractivity contribution in [3.05, 3.63) is 35.0 Å². The number of pyridine rings is 1.